The Balaban J connectivity index is 2.35. The van der Waals surface area contributed by atoms with Crippen molar-refractivity contribution in [3.05, 3.63) is 18.0 Å². The third-order valence-corrected chi connectivity index (χ3v) is 2.17. The van der Waals surface area contributed by atoms with Crippen LogP contribution in [0.5, 0.6) is 0 Å². The summed E-state index contributed by atoms with van der Waals surface area (Å²) in [6, 6.07) is 0.493. The zero-order chi connectivity index (χ0) is 9.68. The fourth-order valence-corrected chi connectivity index (χ4v) is 1.29. The van der Waals surface area contributed by atoms with E-state index >= 15 is 0 Å². The van der Waals surface area contributed by atoms with Gasteiger partial charge in [-0.2, -0.15) is 5.10 Å². The average Bonchev–Trinajstić information content (AvgIpc) is 2.52. The van der Waals surface area contributed by atoms with E-state index < -0.39 is 0 Å². The molecule has 0 saturated carbocycles. The summed E-state index contributed by atoms with van der Waals surface area (Å²) in [5.41, 5.74) is 1.23. The highest BCUT2D eigenvalue weighted by Crippen LogP contribution is 2.08. The first kappa shape index (κ1) is 10.3. The van der Waals surface area contributed by atoms with Gasteiger partial charge in [0.2, 0.25) is 0 Å². The molecule has 1 atom stereocenters. The third kappa shape index (κ3) is 3.19. The Bertz CT molecular complexity index is 242. The van der Waals surface area contributed by atoms with E-state index in [1.54, 1.807) is 0 Å². The van der Waals surface area contributed by atoms with E-state index in [1.807, 2.05) is 10.9 Å². The first-order chi connectivity index (χ1) is 6.24. The topological polar surface area (TPSA) is 29.9 Å². The van der Waals surface area contributed by atoms with Gasteiger partial charge in [0.1, 0.15) is 0 Å². The first-order valence-electron chi connectivity index (χ1n) is 4.95. The van der Waals surface area contributed by atoms with Gasteiger partial charge in [-0.25, -0.2) is 0 Å². The van der Waals surface area contributed by atoms with E-state index in [2.05, 4.69) is 37.4 Å². The second-order valence-electron chi connectivity index (χ2n) is 3.49. The van der Waals surface area contributed by atoms with Crippen LogP contribution < -0.4 is 5.32 Å². The maximum Gasteiger partial charge on any atom is 0.0519 e. The lowest BCUT2D eigenvalue weighted by Crippen LogP contribution is -2.18. The van der Waals surface area contributed by atoms with Crippen LogP contribution in [0.1, 0.15) is 31.9 Å². The summed E-state index contributed by atoms with van der Waals surface area (Å²) in [6.07, 6.45) is 5.13. The second-order valence-corrected chi connectivity index (χ2v) is 3.49. The zero-order valence-electron chi connectivity index (χ0n) is 8.75. The Morgan fingerprint density at radius 3 is 2.92 bits per heavy atom. The Morgan fingerprint density at radius 1 is 1.62 bits per heavy atom. The van der Waals surface area contributed by atoms with Crippen LogP contribution in [0.25, 0.3) is 0 Å². The molecular formula is C10H19N3. The average molecular weight is 181 g/mol. The smallest absolute Gasteiger partial charge is 0.0519 e. The predicted octanol–water partition coefficient (Wildman–Crippen LogP) is 1.75. The van der Waals surface area contributed by atoms with Gasteiger partial charge in [0.15, 0.2) is 0 Å². The van der Waals surface area contributed by atoms with E-state index in [9.17, 15) is 0 Å². The lowest BCUT2D eigenvalue weighted by Gasteiger charge is -2.11. The number of hydrogen-bond donors (Lipinski definition) is 1. The molecule has 0 radical (unpaired) electrons. The highest BCUT2D eigenvalue weighted by atomic mass is 15.3. The Hall–Kier alpha value is -0.830. The van der Waals surface area contributed by atoms with Crippen molar-refractivity contribution in [1.82, 2.24) is 15.1 Å². The molecule has 3 heteroatoms. The Morgan fingerprint density at radius 2 is 2.38 bits per heavy atom. The van der Waals surface area contributed by atoms with Gasteiger partial charge in [-0.3, -0.25) is 4.68 Å². The first-order valence-corrected chi connectivity index (χ1v) is 4.95. The molecular weight excluding hydrogens is 162 g/mol. The van der Waals surface area contributed by atoms with Crippen molar-refractivity contribution in [1.29, 1.82) is 0 Å². The monoisotopic (exact) mass is 181 g/mol. The van der Waals surface area contributed by atoms with Crippen molar-refractivity contribution in [3.63, 3.8) is 0 Å². The molecule has 0 aliphatic rings. The zero-order valence-corrected chi connectivity index (χ0v) is 8.75. The summed E-state index contributed by atoms with van der Waals surface area (Å²) < 4.78 is 2.03. The molecule has 0 aromatic carbocycles. The molecule has 1 aromatic rings. The Kier molecular flexibility index (Phi) is 3.96. The molecule has 1 aromatic heterocycles. The molecule has 0 aliphatic heterocycles. The quantitative estimate of drug-likeness (QED) is 0.701. The number of nitrogens with one attached hydrogen (secondary N) is 1. The van der Waals surface area contributed by atoms with Crippen LogP contribution in [0, 0.1) is 6.92 Å². The van der Waals surface area contributed by atoms with E-state index in [4.69, 9.17) is 0 Å². The summed E-state index contributed by atoms with van der Waals surface area (Å²) in [6.45, 7) is 8.51. The lowest BCUT2D eigenvalue weighted by molar-refractivity contribution is 0.447. The van der Waals surface area contributed by atoms with Crippen LogP contribution in [0.15, 0.2) is 12.4 Å². The molecule has 0 bridgehead atoms. The van der Waals surface area contributed by atoms with Gasteiger partial charge in [-0.1, -0.05) is 6.92 Å². The van der Waals surface area contributed by atoms with Gasteiger partial charge in [-0.15, -0.1) is 0 Å². The fourth-order valence-electron chi connectivity index (χ4n) is 1.29. The van der Waals surface area contributed by atoms with Gasteiger partial charge in [0, 0.05) is 6.20 Å². The number of nitrogens with zero attached hydrogens (tertiary/aromatic N) is 2. The minimum Gasteiger partial charge on any atom is -0.317 e. The van der Waals surface area contributed by atoms with E-state index in [0.717, 1.165) is 19.5 Å². The van der Waals surface area contributed by atoms with Crippen molar-refractivity contribution < 1.29 is 0 Å². The van der Waals surface area contributed by atoms with Gasteiger partial charge in [0.05, 0.1) is 12.2 Å². The molecule has 0 spiro atoms. The fraction of sp³-hybridized carbons (Fsp3) is 0.700. The van der Waals surface area contributed by atoms with Crippen molar-refractivity contribution >= 4 is 0 Å². The molecule has 0 aliphatic carbocycles. The van der Waals surface area contributed by atoms with Crippen LogP contribution in [0.2, 0.25) is 0 Å². The largest absolute Gasteiger partial charge is 0.317 e. The van der Waals surface area contributed by atoms with Crippen LogP contribution in [-0.4, -0.2) is 22.9 Å². The Labute approximate surface area is 80.1 Å². The second kappa shape index (κ2) is 5.02. The van der Waals surface area contributed by atoms with Gasteiger partial charge in [-0.05, 0) is 38.9 Å². The number of rotatable bonds is 5. The normalized spacial score (nSPS) is 13.2. The maximum absolute atomic E-state index is 4.28. The summed E-state index contributed by atoms with van der Waals surface area (Å²) in [4.78, 5) is 0. The van der Waals surface area contributed by atoms with Gasteiger partial charge >= 0.3 is 0 Å². The third-order valence-electron chi connectivity index (χ3n) is 2.17. The van der Waals surface area contributed by atoms with Gasteiger partial charge in [0.25, 0.3) is 0 Å². The SMILES string of the molecule is CCNCCC(C)n1cc(C)cn1. The van der Waals surface area contributed by atoms with Crippen LogP contribution in [0.3, 0.4) is 0 Å². The number of aryl methyl sites for hydroxylation is 1. The molecule has 74 valence electrons. The van der Waals surface area contributed by atoms with Gasteiger partial charge < -0.3 is 5.32 Å². The molecule has 1 N–H and O–H groups in total. The van der Waals surface area contributed by atoms with Crippen LogP contribution in [0.4, 0.5) is 0 Å². The summed E-state index contributed by atoms with van der Waals surface area (Å²) in [5, 5.41) is 7.60. The van der Waals surface area contributed by atoms with E-state index in [-0.39, 0.29) is 0 Å². The minimum atomic E-state index is 0.493. The standard InChI is InChI=1S/C10H19N3/c1-4-11-6-5-10(3)13-8-9(2)7-12-13/h7-8,10-11H,4-6H2,1-3H3. The highest BCUT2D eigenvalue weighted by Gasteiger charge is 2.03. The predicted molar refractivity (Wildman–Crippen MR) is 54.8 cm³/mol. The molecule has 1 rings (SSSR count). The summed E-state index contributed by atoms with van der Waals surface area (Å²) in [5.74, 6) is 0. The summed E-state index contributed by atoms with van der Waals surface area (Å²) >= 11 is 0. The molecule has 1 heterocycles. The van der Waals surface area contributed by atoms with Crippen LogP contribution >= 0.6 is 0 Å². The summed E-state index contributed by atoms with van der Waals surface area (Å²) in [7, 11) is 0. The number of aromatic nitrogens is 2. The highest BCUT2D eigenvalue weighted by molar-refractivity contribution is 5.00. The van der Waals surface area contributed by atoms with E-state index in [0.29, 0.717) is 6.04 Å². The van der Waals surface area contributed by atoms with Crippen molar-refractivity contribution in [3.8, 4) is 0 Å². The maximum atomic E-state index is 4.28. The molecule has 3 nitrogen and oxygen atoms in total. The lowest BCUT2D eigenvalue weighted by atomic mass is 10.2. The van der Waals surface area contributed by atoms with Crippen molar-refractivity contribution in [2.75, 3.05) is 13.1 Å². The van der Waals surface area contributed by atoms with E-state index in [1.165, 1.54) is 5.56 Å². The molecule has 0 amide bonds. The number of hydrogen-bond acceptors (Lipinski definition) is 2. The van der Waals surface area contributed by atoms with Crippen LogP contribution in [-0.2, 0) is 0 Å². The minimum absolute atomic E-state index is 0.493. The van der Waals surface area contributed by atoms with Crippen molar-refractivity contribution in [2.45, 2.75) is 33.2 Å². The molecule has 0 saturated heterocycles. The molecule has 13 heavy (non-hydrogen) atoms. The van der Waals surface area contributed by atoms with Crippen molar-refractivity contribution in [2.24, 2.45) is 0 Å². The molecule has 0 fully saturated rings. The molecule has 1 unspecified atom stereocenters.